The number of aryl methyl sites for hydroxylation is 1. The third kappa shape index (κ3) is 6.15. The van der Waals surface area contributed by atoms with Crippen LogP contribution in [0.25, 0.3) is 11.0 Å². The van der Waals surface area contributed by atoms with E-state index in [9.17, 15) is 9.59 Å². The van der Waals surface area contributed by atoms with Crippen LogP contribution in [0.4, 0.5) is 5.69 Å². The van der Waals surface area contributed by atoms with Crippen molar-refractivity contribution in [2.24, 2.45) is 0 Å². The molecular formula is C22H27N5O2. The SMILES string of the molecule is CN(C)CCNC(=O)Cn1cnc2cc(NC(=O)CCc3ccccc3)ccc21. The lowest BCUT2D eigenvalue weighted by Gasteiger charge is -2.11. The molecule has 152 valence electrons. The zero-order valence-electron chi connectivity index (χ0n) is 16.9. The van der Waals surface area contributed by atoms with E-state index in [0.29, 0.717) is 25.1 Å². The summed E-state index contributed by atoms with van der Waals surface area (Å²) in [6, 6.07) is 15.5. The number of amides is 2. The summed E-state index contributed by atoms with van der Waals surface area (Å²) in [4.78, 5) is 30.7. The van der Waals surface area contributed by atoms with Crippen LogP contribution in [0.1, 0.15) is 12.0 Å². The van der Waals surface area contributed by atoms with Crippen LogP contribution >= 0.6 is 0 Å². The number of aromatic nitrogens is 2. The number of carbonyl (C=O) groups is 2. The maximum absolute atomic E-state index is 12.2. The van der Waals surface area contributed by atoms with Crippen LogP contribution in [0.15, 0.2) is 54.9 Å². The number of fused-ring (bicyclic) bond motifs is 1. The lowest BCUT2D eigenvalue weighted by Crippen LogP contribution is -2.33. The Hall–Kier alpha value is -3.19. The molecule has 0 spiro atoms. The Morgan fingerprint density at radius 3 is 2.62 bits per heavy atom. The van der Waals surface area contributed by atoms with E-state index in [0.717, 1.165) is 23.1 Å². The molecule has 1 aromatic heterocycles. The van der Waals surface area contributed by atoms with Crippen LogP contribution in [0.2, 0.25) is 0 Å². The molecule has 0 saturated heterocycles. The Balaban J connectivity index is 1.55. The predicted molar refractivity (Wildman–Crippen MR) is 115 cm³/mol. The van der Waals surface area contributed by atoms with Gasteiger partial charge in [0.1, 0.15) is 6.54 Å². The molecule has 2 N–H and O–H groups in total. The predicted octanol–water partition coefficient (Wildman–Crippen LogP) is 2.29. The van der Waals surface area contributed by atoms with Gasteiger partial charge in [0.05, 0.1) is 17.4 Å². The minimum absolute atomic E-state index is 0.0343. The van der Waals surface area contributed by atoms with Gasteiger partial charge >= 0.3 is 0 Å². The highest BCUT2D eigenvalue weighted by atomic mass is 16.2. The van der Waals surface area contributed by atoms with Crippen LogP contribution in [-0.4, -0.2) is 53.5 Å². The standard InChI is InChI=1S/C22H27N5O2/c1-26(2)13-12-23-22(29)15-27-16-24-19-14-18(9-10-20(19)27)25-21(28)11-8-17-6-4-3-5-7-17/h3-7,9-10,14,16H,8,11-13,15H2,1-2H3,(H,23,29)(H,25,28). The summed E-state index contributed by atoms with van der Waals surface area (Å²) in [6.45, 7) is 1.62. The Morgan fingerprint density at radius 1 is 1.07 bits per heavy atom. The van der Waals surface area contributed by atoms with Gasteiger partial charge in [0.25, 0.3) is 0 Å². The smallest absolute Gasteiger partial charge is 0.240 e. The maximum atomic E-state index is 12.2. The number of hydrogen-bond acceptors (Lipinski definition) is 4. The number of likely N-dealkylation sites (N-methyl/N-ethyl adjacent to an activating group) is 1. The van der Waals surface area contributed by atoms with Crippen molar-refractivity contribution in [3.63, 3.8) is 0 Å². The molecular weight excluding hydrogens is 366 g/mol. The zero-order chi connectivity index (χ0) is 20.6. The number of hydrogen-bond donors (Lipinski definition) is 2. The highest BCUT2D eigenvalue weighted by Crippen LogP contribution is 2.18. The molecule has 0 bridgehead atoms. The molecule has 0 aliphatic heterocycles. The van der Waals surface area contributed by atoms with E-state index in [1.807, 2.05) is 67.5 Å². The second kappa shape index (κ2) is 9.84. The Labute approximate surface area is 170 Å². The summed E-state index contributed by atoms with van der Waals surface area (Å²) >= 11 is 0. The largest absolute Gasteiger partial charge is 0.353 e. The van der Waals surface area contributed by atoms with Gasteiger partial charge in [-0.15, -0.1) is 0 Å². The molecule has 0 fully saturated rings. The summed E-state index contributed by atoms with van der Waals surface area (Å²) in [5.74, 6) is -0.0858. The normalized spacial score (nSPS) is 11.0. The number of rotatable bonds is 9. The summed E-state index contributed by atoms with van der Waals surface area (Å²) in [7, 11) is 3.93. The fourth-order valence-corrected chi connectivity index (χ4v) is 3.02. The molecule has 0 aliphatic rings. The number of carbonyl (C=O) groups excluding carboxylic acids is 2. The van der Waals surface area contributed by atoms with Crippen molar-refractivity contribution in [2.75, 3.05) is 32.5 Å². The topological polar surface area (TPSA) is 79.3 Å². The Bertz CT molecular complexity index is 966. The van der Waals surface area contributed by atoms with Crippen molar-refractivity contribution < 1.29 is 9.59 Å². The molecule has 7 heteroatoms. The van der Waals surface area contributed by atoms with Crippen molar-refractivity contribution in [3.8, 4) is 0 Å². The highest BCUT2D eigenvalue weighted by molar-refractivity contribution is 5.93. The van der Waals surface area contributed by atoms with Crippen molar-refractivity contribution >= 4 is 28.5 Å². The number of imidazole rings is 1. The molecule has 0 radical (unpaired) electrons. The summed E-state index contributed by atoms with van der Waals surface area (Å²) in [5, 5.41) is 5.82. The van der Waals surface area contributed by atoms with Gasteiger partial charge in [-0.3, -0.25) is 9.59 Å². The van der Waals surface area contributed by atoms with Crippen LogP contribution < -0.4 is 10.6 Å². The Morgan fingerprint density at radius 2 is 1.86 bits per heavy atom. The first-order valence-electron chi connectivity index (χ1n) is 9.71. The van der Waals surface area contributed by atoms with E-state index >= 15 is 0 Å². The fourth-order valence-electron chi connectivity index (χ4n) is 3.02. The first kappa shape index (κ1) is 20.5. The number of nitrogens with one attached hydrogen (secondary N) is 2. The minimum Gasteiger partial charge on any atom is -0.353 e. The molecule has 0 atom stereocenters. The van der Waals surface area contributed by atoms with Crippen molar-refractivity contribution in [1.29, 1.82) is 0 Å². The van der Waals surface area contributed by atoms with Gasteiger partial charge < -0.3 is 20.1 Å². The molecule has 3 rings (SSSR count). The van der Waals surface area contributed by atoms with E-state index in [1.54, 1.807) is 10.9 Å². The monoisotopic (exact) mass is 393 g/mol. The molecule has 1 heterocycles. The maximum Gasteiger partial charge on any atom is 0.240 e. The van der Waals surface area contributed by atoms with Crippen molar-refractivity contribution in [1.82, 2.24) is 19.8 Å². The highest BCUT2D eigenvalue weighted by Gasteiger charge is 2.09. The number of benzene rings is 2. The lowest BCUT2D eigenvalue weighted by atomic mass is 10.1. The number of anilines is 1. The van der Waals surface area contributed by atoms with E-state index in [4.69, 9.17) is 0 Å². The van der Waals surface area contributed by atoms with Gasteiger partial charge in [0, 0.05) is 25.2 Å². The van der Waals surface area contributed by atoms with Gasteiger partial charge in [0.2, 0.25) is 11.8 Å². The average molecular weight is 393 g/mol. The molecule has 0 unspecified atom stereocenters. The first-order valence-corrected chi connectivity index (χ1v) is 9.71. The second-order valence-electron chi connectivity index (χ2n) is 7.26. The zero-order valence-corrected chi connectivity index (χ0v) is 16.9. The second-order valence-corrected chi connectivity index (χ2v) is 7.26. The quantitative estimate of drug-likeness (QED) is 0.585. The van der Waals surface area contributed by atoms with Crippen LogP contribution in [0.5, 0.6) is 0 Å². The van der Waals surface area contributed by atoms with Crippen LogP contribution in [0, 0.1) is 0 Å². The molecule has 0 saturated carbocycles. The average Bonchev–Trinajstić information content (AvgIpc) is 3.09. The van der Waals surface area contributed by atoms with Gasteiger partial charge in [-0.05, 0) is 44.3 Å². The third-order valence-electron chi connectivity index (χ3n) is 4.58. The van der Waals surface area contributed by atoms with Crippen molar-refractivity contribution in [2.45, 2.75) is 19.4 Å². The minimum atomic E-state index is -0.0514. The van der Waals surface area contributed by atoms with Gasteiger partial charge in [0.15, 0.2) is 0 Å². The molecule has 0 aliphatic carbocycles. The van der Waals surface area contributed by atoms with Gasteiger partial charge in [-0.1, -0.05) is 30.3 Å². The summed E-state index contributed by atoms with van der Waals surface area (Å²) in [6.07, 6.45) is 2.77. The molecule has 3 aromatic rings. The van der Waals surface area contributed by atoms with E-state index in [-0.39, 0.29) is 18.4 Å². The molecule has 29 heavy (non-hydrogen) atoms. The molecule has 2 amide bonds. The fraction of sp³-hybridized carbons (Fsp3) is 0.318. The number of nitrogens with zero attached hydrogens (tertiary/aromatic N) is 3. The van der Waals surface area contributed by atoms with E-state index in [1.165, 1.54) is 0 Å². The van der Waals surface area contributed by atoms with Crippen molar-refractivity contribution in [3.05, 3.63) is 60.4 Å². The summed E-state index contributed by atoms with van der Waals surface area (Å²) < 4.78 is 1.81. The van der Waals surface area contributed by atoms with Crippen LogP contribution in [0.3, 0.4) is 0 Å². The van der Waals surface area contributed by atoms with E-state index in [2.05, 4.69) is 15.6 Å². The molecule has 7 nitrogen and oxygen atoms in total. The van der Waals surface area contributed by atoms with Crippen LogP contribution in [-0.2, 0) is 22.6 Å². The van der Waals surface area contributed by atoms with E-state index < -0.39 is 0 Å². The summed E-state index contributed by atoms with van der Waals surface area (Å²) in [5.41, 5.74) is 3.44. The first-order chi connectivity index (χ1) is 14.0. The lowest BCUT2D eigenvalue weighted by molar-refractivity contribution is -0.121. The third-order valence-corrected chi connectivity index (χ3v) is 4.58. The van der Waals surface area contributed by atoms with Gasteiger partial charge in [-0.2, -0.15) is 0 Å². The molecule has 2 aromatic carbocycles. The van der Waals surface area contributed by atoms with Gasteiger partial charge in [-0.25, -0.2) is 4.98 Å². The Kier molecular flexibility index (Phi) is 6.97.